The first kappa shape index (κ1) is 16.2. The van der Waals surface area contributed by atoms with Gasteiger partial charge < -0.3 is 15.2 Å². The first-order chi connectivity index (χ1) is 9.70. The first-order valence-corrected chi connectivity index (χ1v) is 8.20. The number of rotatable bonds is 6. The third-order valence-electron chi connectivity index (χ3n) is 4.62. The van der Waals surface area contributed by atoms with Crippen molar-refractivity contribution in [3.63, 3.8) is 0 Å². The Labute approximate surface area is 123 Å². The lowest BCUT2D eigenvalue weighted by molar-refractivity contribution is -0.0272. The number of hydrogen-bond acceptors (Lipinski definition) is 5. The van der Waals surface area contributed by atoms with Crippen molar-refractivity contribution in [3.05, 3.63) is 0 Å². The van der Waals surface area contributed by atoms with Crippen molar-refractivity contribution in [2.45, 2.75) is 58.0 Å². The number of hydrogen-bond donors (Lipinski definition) is 3. The van der Waals surface area contributed by atoms with Crippen LogP contribution in [-0.2, 0) is 4.74 Å². The van der Waals surface area contributed by atoms with Gasteiger partial charge in [0.25, 0.3) is 0 Å². The van der Waals surface area contributed by atoms with Gasteiger partial charge in [0.15, 0.2) is 0 Å². The van der Waals surface area contributed by atoms with Crippen LogP contribution in [0.2, 0.25) is 0 Å². The Bertz CT molecular complexity index is 272. The zero-order valence-corrected chi connectivity index (χ0v) is 13.0. The lowest BCUT2D eigenvalue weighted by Gasteiger charge is -2.37. The van der Waals surface area contributed by atoms with E-state index in [1.807, 2.05) is 0 Å². The summed E-state index contributed by atoms with van der Waals surface area (Å²) in [6.07, 6.45) is 4.41. The zero-order chi connectivity index (χ0) is 14.4. The highest BCUT2D eigenvalue weighted by atomic mass is 16.5. The van der Waals surface area contributed by atoms with E-state index in [1.54, 1.807) is 0 Å². The van der Waals surface area contributed by atoms with Crippen molar-refractivity contribution in [1.29, 1.82) is 0 Å². The van der Waals surface area contributed by atoms with Crippen LogP contribution < -0.4 is 10.6 Å². The maximum Gasteiger partial charge on any atom is 0.108 e. The summed E-state index contributed by atoms with van der Waals surface area (Å²) in [7, 11) is 0. The quantitative estimate of drug-likeness (QED) is 0.629. The van der Waals surface area contributed by atoms with Gasteiger partial charge in [0.1, 0.15) is 6.23 Å². The number of aliphatic hydroxyl groups excluding tert-OH is 1. The van der Waals surface area contributed by atoms with Crippen LogP contribution >= 0.6 is 0 Å². The summed E-state index contributed by atoms with van der Waals surface area (Å²) in [6, 6.07) is 0.444. The van der Waals surface area contributed by atoms with Crippen LogP contribution in [-0.4, -0.2) is 61.3 Å². The molecule has 0 aromatic heterocycles. The summed E-state index contributed by atoms with van der Waals surface area (Å²) in [5, 5.41) is 17.1. The molecule has 0 bridgehead atoms. The average molecular weight is 285 g/mol. The van der Waals surface area contributed by atoms with E-state index in [-0.39, 0.29) is 12.1 Å². The second kappa shape index (κ2) is 8.29. The number of morpholine rings is 1. The predicted octanol–water partition coefficient (Wildman–Crippen LogP) is 0.741. The zero-order valence-electron chi connectivity index (χ0n) is 13.0. The van der Waals surface area contributed by atoms with Crippen LogP contribution in [0.15, 0.2) is 0 Å². The van der Waals surface area contributed by atoms with Gasteiger partial charge in [0.2, 0.25) is 0 Å². The van der Waals surface area contributed by atoms with Crippen molar-refractivity contribution in [2.24, 2.45) is 5.92 Å². The van der Waals surface area contributed by atoms with Gasteiger partial charge in [0, 0.05) is 12.6 Å². The molecule has 0 aromatic carbocycles. The van der Waals surface area contributed by atoms with E-state index in [4.69, 9.17) is 4.74 Å². The Hall–Kier alpha value is -0.200. The van der Waals surface area contributed by atoms with Crippen LogP contribution in [0.25, 0.3) is 0 Å². The second-order valence-electron chi connectivity index (χ2n) is 6.18. The minimum Gasteiger partial charge on any atom is -0.378 e. The lowest BCUT2D eigenvalue weighted by atomic mass is 9.98. The number of nitrogens with zero attached hydrogens (tertiary/aromatic N) is 1. The molecule has 118 valence electrons. The topological polar surface area (TPSA) is 56.8 Å². The molecule has 2 saturated heterocycles. The molecule has 20 heavy (non-hydrogen) atoms. The Morgan fingerprint density at radius 3 is 3.00 bits per heavy atom. The molecule has 0 aliphatic carbocycles. The number of aliphatic hydroxyl groups is 1. The number of piperidine rings is 1. The second-order valence-corrected chi connectivity index (χ2v) is 6.18. The molecule has 2 heterocycles. The smallest absolute Gasteiger partial charge is 0.108 e. The summed E-state index contributed by atoms with van der Waals surface area (Å²) in [4.78, 5) is 2.46. The summed E-state index contributed by atoms with van der Waals surface area (Å²) in [6.45, 7) is 9.10. The van der Waals surface area contributed by atoms with Crippen molar-refractivity contribution >= 4 is 0 Å². The highest BCUT2D eigenvalue weighted by Gasteiger charge is 2.27. The minimum atomic E-state index is -0.439. The monoisotopic (exact) mass is 285 g/mol. The Morgan fingerprint density at radius 2 is 2.30 bits per heavy atom. The Kier molecular flexibility index (Phi) is 6.71. The highest BCUT2D eigenvalue weighted by molar-refractivity contribution is 4.80. The van der Waals surface area contributed by atoms with Crippen LogP contribution in [0.4, 0.5) is 0 Å². The molecule has 4 unspecified atom stereocenters. The van der Waals surface area contributed by atoms with Crippen molar-refractivity contribution in [1.82, 2.24) is 15.5 Å². The van der Waals surface area contributed by atoms with Crippen molar-refractivity contribution in [3.8, 4) is 0 Å². The third kappa shape index (κ3) is 4.67. The number of likely N-dealkylation sites (N-methyl/N-ethyl adjacent to an activating group) is 1. The molecule has 0 spiro atoms. The molecular formula is C15H31N3O2. The van der Waals surface area contributed by atoms with E-state index in [1.165, 1.54) is 12.8 Å². The minimum absolute atomic E-state index is 0.236. The molecule has 2 rings (SSSR count). The molecule has 0 radical (unpaired) electrons. The normalized spacial score (nSPS) is 31.9. The van der Waals surface area contributed by atoms with E-state index >= 15 is 0 Å². The molecule has 0 aromatic rings. The molecule has 2 aliphatic rings. The van der Waals surface area contributed by atoms with Gasteiger partial charge in [-0.3, -0.25) is 10.2 Å². The van der Waals surface area contributed by atoms with Crippen LogP contribution in [0.3, 0.4) is 0 Å². The Morgan fingerprint density at radius 1 is 1.45 bits per heavy atom. The predicted molar refractivity (Wildman–Crippen MR) is 80.4 cm³/mol. The fourth-order valence-electron chi connectivity index (χ4n) is 3.25. The number of ether oxygens (including phenoxy) is 1. The lowest BCUT2D eigenvalue weighted by Crippen LogP contribution is -2.53. The molecule has 5 nitrogen and oxygen atoms in total. The SMILES string of the molecule is CCN1CCOCC1CC(C)C(O)NC1CCCCN1. The standard InChI is InChI=1S/C15H31N3O2/c1-3-18-8-9-20-11-13(18)10-12(2)15(19)17-14-6-4-5-7-16-14/h12-17,19H,3-11H2,1-2H3. The van der Waals surface area contributed by atoms with E-state index in [2.05, 4.69) is 29.4 Å². The summed E-state index contributed by atoms with van der Waals surface area (Å²) in [5.74, 6) is 0.236. The number of nitrogens with one attached hydrogen (secondary N) is 2. The summed E-state index contributed by atoms with van der Waals surface area (Å²) in [5.41, 5.74) is 0. The molecule has 0 amide bonds. The van der Waals surface area contributed by atoms with Gasteiger partial charge in [-0.25, -0.2) is 0 Å². The van der Waals surface area contributed by atoms with Crippen LogP contribution in [0.5, 0.6) is 0 Å². The fraction of sp³-hybridized carbons (Fsp3) is 1.00. The van der Waals surface area contributed by atoms with Crippen molar-refractivity contribution < 1.29 is 9.84 Å². The fourth-order valence-corrected chi connectivity index (χ4v) is 3.25. The molecule has 2 aliphatic heterocycles. The molecule has 5 heteroatoms. The van der Waals surface area contributed by atoms with Crippen molar-refractivity contribution in [2.75, 3.05) is 32.8 Å². The molecule has 3 N–H and O–H groups in total. The average Bonchev–Trinajstić information content (AvgIpc) is 2.48. The molecule has 2 fully saturated rings. The van der Waals surface area contributed by atoms with Gasteiger partial charge in [0.05, 0.1) is 19.4 Å². The molecule has 4 atom stereocenters. The van der Waals surface area contributed by atoms with Crippen LogP contribution in [0.1, 0.15) is 39.5 Å². The molecular weight excluding hydrogens is 254 g/mol. The van der Waals surface area contributed by atoms with Gasteiger partial charge >= 0.3 is 0 Å². The molecule has 0 saturated carbocycles. The maximum absolute atomic E-state index is 10.3. The van der Waals surface area contributed by atoms with E-state index in [9.17, 15) is 5.11 Å². The third-order valence-corrected chi connectivity index (χ3v) is 4.62. The summed E-state index contributed by atoms with van der Waals surface area (Å²) < 4.78 is 5.59. The van der Waals surface area contributed by atoms with Gasteiger partial charge in [-0.15, -0.1) is 0 Å². The van der Waals surface area contributed by atoms with Gasteiger partial charge in [-0.1, -0.05) is 13.8 Å². The van der Waals surface area contributed by atoms with E-state index in [0.29, 0.717) is 6.04 Å². The van der Waals surface area contributed by atoms with Gasteiger partial charge in [-0.2, -0.15) is 0 Å². The Balaban J connectivity index is 1.75. The summed E-state index contributed by atoms with van der Waals surface area (Å²) >= 11 is 0. The highest BCUT2D eigenvalue weighted by Crippen LogP contribution is 2.18. The van der Waals surface area contributed by atoms with E-state index in [0.717, 1.165) is 45.7 Å². The van der Waals surface area contributed by atoms with Crippen LogP contribution in [0, 0.1) is 5.92 Å². The maximum atomic E-state index is 10.3. The largest absolute Gasteiger partial charge is 0.378 e. The van der Waals surface area contributed by atoms with E-state index < -0.39 is 6.23 Å². The van der Waals surface area contributed by atoms with Gasteiger partial charge in [-0.05, 0) is 44.7 Å². The first-order valence-electron chi connectivity index (χ1n) is 8.20.